The molecule has 2 aliphatic heterocycles. The van der Waals surface area contributed by atoms with Gasteiger partial charge in [-0.25, -0.2) is 4.68 Å². The molecule has 2 aromatic heterocycles. The first kappa shape index (κ1) is 12.6. The van der Waals surface area contributed by atoms with Crippen molar-refractivity contribution in [3.05, 3.63) is 30.1 Å². The van der Waals surface area contributed by atoms with Crippen molar-refractivity contribution in [3.8, 4) is 0 Å². The Morgan fingerprint density at radius 3 is 2.90 bits per heavy atom. The van der Waals surface area contributed by atoms with Crippen molar-refractivity contribution in [2.45, 2.75) is 12.5 Å². The van der Waals surface area contributed by atoms with Crippen LogP contribution in [0, 0.1) is 0 Å². The number of rotatable bonds is 2. The average Bonchev–Trinajstić information content (AvgIpc) is 3.00. The molecular weight excluding hydrogens is 266 g/mol. The van der Waals surface area contributed by atoms with Crippen LogP contribution in [0.1, 0.15) is 18.0 Å². The van der Waals surface area contributed by atoms with Crippen LogP contribution in [0.4, 0.5) is 11.9 Å². The molecule has 1 atom stereocenters. The number of pyridine rings is 1. The lowest BCUT2D eigenvalue weighted by Gasteiger charge is -2.26. The van der Waals surface area contributed by atoms with E-state index < -0.39 is 0 Å². The van der Waals surface area contributed by atoms with Gasteiger partial charge in [-0.05, 0) is 18.1 Å². The van der Waals surface area contributed by atoms with Crippen LogP contribution in [0.2, 0.25) is 0 Å². The largest absolute Gasteiger partial charge is 0.354 e. The standard InChI is InChI=1S/C14H19N7/c1-2-11(10-16-4-1)12-3-5-17-13-18-14(19-21(12)13)20-8-6-15-7-9-20/h1-2,4,10,12,15H,3,5-9H2,(H,17,18,19). The lowest BCUT2D eigenvalue weighted by atomic mass is 10.1. The predicted octanol–water partition coefficient (Wildman–Crippen LogP) is 0.488. The molecule has 110 valence electrons. The van der Waals surface area contributed by atoms with Crippen molar-refractivity contribution in [3.63, 3.8) is 0 Å². The van der Waals surface area contributed by atoms with Crippen molar-refractivity contribution in [1.29, 1.82) is 0 Å². The number of fused-ring (bicyclic) bond motifs is 1. The fourth-order valence-electron chi connectivity index (χ4n) is 2.97. The van der Waals surface area contributed by atoms with Gasteiger partial charge in [0.1, 0.15) is 0 Å². The number of nitrogens with one attached hydrogen (secondary N) is 2. The van der Waals surface area contributed by atoms with E-state index in [1.54, 1.807) is 6.20 Å². The highest BCUT2D eigenvalue weighted by molar-refractivity contribution is 5.41. The summed E-state index contributed by atoms with van der Waals surface area (Å²) in [6.45, 7) is 4.81. The summed E-state index contributed by atoms with van der Waals surface area (Å²) in [6.07, 6.45) is 4.73. The fraction of sp³-hybridized carbons (Fsp3) is 0.500. The summed E-state index contributed by atoms with van der Waals surface area (Å²) >= 11 is 0. The molecule has 21 heavy (non-hydrogen) atoms. The zero-order valence-electron chi connectivity index (χ0n) is 11.9. The van der Waals surface area contributed by atoms with E-state index in [1.165, 1.54) is 5.56 Å². The molecule has 4 heterocycles. The maximum Gasteiger partial charge on any atom is 0.246 e. The van der Waals surface area contributed by atoms with Crippen molar-refractivity contribution in [1.82, 2.24) is 25.1 Å². The van der Waals surface area contributed by atoms with Crippen LogP contribution < -0.4 is 15.5 Å². The zero-order chi connectivity index (χ0) is 14.1. The minimum atomic E-state index is 0.221. The first-order chi connectivity index (χ1) is 10.4. The second kappa shape index (κ2) is 5.33. The van der Waals surface area contributed by atoms with Gasteiger partial charge in [0.15, 0.2) is 0 Å². The van der Waals surface area contributed by atoms with E-state index in [9.17, 15) is 0 Å². The number of nitrogens with zero attached hydrogens (tertiary/aromatic N) is 5. The van der Waals surface area contributed by atoms with Crippen LogP contribution in [0.3, 0.4) is 0 Å². The van der Waals surface area contributed by atoms with Gasteiger partial charge in [-0.15, -0.1) is 5.10 Å². The van der Waals surface area contributed by atoms with Crippen LogP contribution >= 0.6 is 0 Å². The molecule has 2 aromatic rings. The van der Waals surface area contributed by atoms with Crippen molar-refractivity contribution < 1.29 is 0 Å². The molecule has 0 spiro atoms. The number of piperazine rings is 1. The molecule has 1 unspecified atom stereocenters. The summed E-state index contributed by atoms with van der Waals surface area (Å²) in [5.41, 5.74) is 1.19. The Bertz CT molecular complexity index is 603. The van der Waals surface area contributed by atoms with Gasteiger partial charge in [0, 0.05) is 45.1 Å². The minimum absolute atomic E-state index is 0.221. The third kappa shape index (κ3) is 2.33. The Morgan fingerprint density at radius 2 is 2.10 bits per heavy atom. The average molecular weight is 285 g/mol. The lowest BCUT2D eigenvalue weighted by Crippen LogP contribution is -2.44. The Hall–Kier alpha value is -2.15. The van der Waals surface area contributed by atoms with E-state index in [4.69, 9.17) is 5.10 Å². The maximum atomic E-state index is 4.75. The summed E-state index contributed by atoms with van der Waals surface area (Å²) in [5, 5.41) is 11.4. The smallest absolute Gasteiger partial charge is 0.246 e. The number of hydrogen-bond donors (Lipinski definition) is 2. The molecule has 0 saturated carbocycles. The summed E-state index contributed by atoms with van der Waals surface area (Å²) < 4.78 is 2.01. The molecule has 1 saturated heterocycles. The first-order valence-electron chi connectivity index (χ1n) is 7.48. The molecule has 0 aliphatic carbocycles. The van der Waals surface area contributed by atoms with Crippen LogP contribution in [0.15, 0.2) is 24.5 Å². The van der Waals surface area contributed by atoms with E-state index in [1.807, 2.05) is 16.9 Å². The Balaban J connectivity index is 1.66. The van der Waals surface area contributed by atoms with Crippen LogP contribution in [-0.2, 0) is 0 Å². The van der Waals surface area contributed by atoms with E-state index in [0.717, 1.165) is 51.0 Å². The Kier molecular flexibility index (Phi) is 3.19. The Morgan fingerprint density at radius 1 is 1.19 bits per heavy atom. The number of aromatic nitrogens is 4. The summed E-state index contributed by atoms with van der Waals surface area (Å²) in [4.78, 5) is 11.1. The second-order valence-electron chi connectivity index (χ2n) is 5.43. The fourth-order valence-corrected chi connectivity index (χ4v) is 2.97. The SMILES string of the molecule is c1cncc(C2CCNc3nc(N4CCNCC4)nn32)c1. The van der Waals surface area contributed by atoms with E-state index >= 15 is 0 Å². The summed E-state index contributed by atoms with van der Waals surface area (Å²) in [7, 11) is 0. The second-order valence-corrected chi connectivity index (χ2v) is 5.43. The van der Waals surface area contributed by atoms with Crippen LogP contribution in [-0.4, -0.2) is 52.5 Å². The highest BCUT2D eigenvalue weighted by Crippen LogP contribution is 2.29. The molecule has 4 rings (SSSR count). The zero-order valence-corrected chi connectivity index (χ0v) is 11.9. The Labute approximate surface area is 123 Å². The van der Waals surface area contributed by atoms with Crippen LogP contribution in [0.5, 0.6) is 0 Å². The molecule has 2 aliphatic rings. The van der Waals surface area contributed by atoms with E-state index in [2.05, 4.69) is 31.6 Å². The first-order valence-corrected chi connectivity index (χ1v) is 7.48. The molecule has 0 aromatic carbocycles. The van der Waals surface area contributed by atoms with Crippen molar-refractivity contribution in [2.75, 3.05) is 42.9 Å². The van der Waals surface area contributed by atoms with E-state index in [-0.39, 0.29) is 6.04 Å². The molecule has 7 nitrogen and oxygen atoms in total. The van der Waals surface area contributed by atoms with Gasteiger partial charge in [0.2, 0.25) is 11.9 Å². The third-order valence-electron chi connectivity index (χ3n) is 4.09. The predicted molar refractivity (Wildman–Crippen MR) is 80.6 cm³/mol. The van der Waals surface area contributed by atoms with Crippen molar-refractivity contribution in [2.24, 2.45) is 0 Å². The molecule has 7 heteroatoms. The lowest BCUT2D eigenvalue weighted by molar-refractivity contribution is 0.477. The van der Waals surface area contributed by atoms with Gasteiger partial charge in [-0.1, -0.05) is 6.07 Å². The van der Waals surface area contributed by atoms with Gasteiger partial charge in [-0.3, -0.25) is 4.98 Å². The molecular formula is C14H19N7. The highest BCUT2D eigenvalue weighted by atomic mass is 15.5. The van der Waals surface area contributed by atoms with Gasteiger partial charge in [0.25, 0.3) is 0 Å². The minimum Gasteiger partial charge on any atom is -0.354 e. The molecule has 2 N–H and O–H groups in total. The summed E-state index contributed by atoms with van der Waals surface area (Å²) in [5.74, 6) is 1.69. The normalized spacial score (nSPS) is 21.7. The quantitative estimate of drug-likeness (QED) is 0.837. The number of hydrogen-bond acceptors (Lipinski definition) is 6. The topological polar surface area (TPSA) is 70.9 Å². The molecule has 0 radical (unpaired) electrons. The van der Waals surface area contributed by atoms with Gasteiger partial charge < -0.3 is 15.5 Å². The monoisotopic (exact) mass is 285 g/mol. The highest BCUT2D eigenvalue weighted by Gasteiger charge is 2.26. The van der Waals surface area contributed by atoms with Gasteiger partial charge in [-0.2, -0.15) is 4.98 Å². The van der Waals surface area contributed by atoms with E-state index in [0.29, 0.717) is 0 Å². The van der Waals surface area contributed by atoms with Crippen molar-refractivity contribution >= 4 is 11.9 Å². The maximum absolute atomic E-state index is 4.75. The summed E-state index contributed by atoms with van der Waals surface area (Å²) in [6, 6.07) is 4.31. The molecule has 0 amide bonds. The third-order valence-corrected chi connectivity index (χ3v) is 4.09. The van der Waals surface area contributed by atoms with Crippen LogP contribution in [0.25, 0.3) is 0 Å². The molecule has 1 fully saturated rings. The van der Waals surface area contributed by atoms with Gasteiger partial charge >= 0.3 is 0 Å². The van der Waals surface area contributed by atoms with Gasteiger partial charge in [0.05, 0.1) is 6.04 Å². The number of anilines is 2. The molecule has 0 bridgehead atoms.